The van der Waals surface area contributed by atoms with Crippen LogP contribution in [0.5, 0.6) is 5.75 Å². The Hall–Kier alpha value is -2.33. The fraction of sp³-hybridized carbons (Fsp3) is 0.261. The smallest absolute Gasteiger partial charge is 0.294 e. The lowest BCUT2D eigenvalue weighted by atomic mass is 10.2. The molecule has 7 nitrogen and oxygen atoms in total. The van der Waals surface area contributed by atoms with E-state index in [-0.39, 0.29) is 17.4 Å². The summed E-state index contributed by atoms with van der Waals surface area (Å²) >= 11 is 10.5. The van der Waals surface area contributed by atoms with Crippen molar-refractivity contribution in [3.8, 4) is 5.75 Å². The first-order chi connectivity index (χ1) is 15.9. The van der Waals surface area contributed by atoms with Crippen molar-refractivity contribution in [2.45, 2.75) is 6.61 Å². The van der Waals surface area contributed by atoms with E-state index in [1.807, 2.05) is 18.2 Å². The second-order valence-electron chi connectivity index (χ2n) is 7.33. The summed E-state index contributed by atoms with van der Waals surface area (Å²) < 4.78 is 11.8. The number of hydrogen-bond acceptors (Lipinski definition) is 6. The van der Waals surface area contributed by atoms with Gasteiger partial charge in [0, 0.05) is 23.7 Å². The van der Waals surface area contributed by atoms with Crippen LogP contribution in [-0.2, 0) is 20.9 Å². The molecular weight excluding hydrogens is 532 g/mol. The van der Waals surface area contributed by atoms with Crippen LogP contribution in [-0.4, -0.2) is 59.7 Å². The first kappa shape index (κ1) is 23.8. The molecule has 2 heterocycles. The molecule has 3 amide bonds. The third-order valence-corrected chi connectivity index (χ3v) is 7.02. The van der Waals surface area contributed by atoms with Crippen LogP contribution in [0, 0.1) is 0 Å². The molecule has 0 atom stereocenters. The molecule has 33 heavy (non-hydrogen) atoms. The van der Waals surface area contributed by atoms with Gasteiger partial charge in [-0.3, -0.25) is 19.3 Å². The fourth-order valence-corrected chi connectivity index (χ4v) is 4.87. The topological polar surface area (TPSA) is 76.2 Å². The number of carbonyl (C=O) groups is 3. The van der Waals surface area contributed by atoms with E-state index in [0.717, 1.165) is 27.8 Å². The number of hydrogen-bond donors (Lipinski definition) is 0. The number of morpholine rings is 1. The van der Waals surface area contributed by atoms with Gasteiger partial charge >= 0.3 is 0 Å². The Balaban J connectivity index is 1.41. The van der Waals surface area contributed by atoms with Gasteiger partial charge in [0.05, 0.1) is 22.6 Å². The van der Waals surface area contributed by atoms with Gasteiger partial charge < -0.3 is 14.4 Å². The lowest BCUT2D eigenvalue weighted by Crippen LogP contribution is -2.46. The monoisotopic (exact) mass is 550 g/mol. The summed E-state index contributed by atoms with van der Waals surface area (Å²) in [6.07, 6.45) is 1.63. The standard InChI is InChI=1S/C23H20BrClN2O5S/c24-17-11-15(5-6-19(17)32-14-16-3-1-2-4-18(16)25)12-20-22(29)27(23(30)33-20)13-21(28)26-7-9-31-10-8-26/h1-6,11-12H,7-10,13-14H2/b20-12+. The maximum atomic E-state index is 12.8. The summed E-state index contributed by atoms with van der Waals surface area (Å²) in [5.74, 6) is -0.109. The molecule has 4 rings (SSSR count). The molecule has 0 spiro atoms. The predicted molar refractivity (Wildman–Crippen MR) is 130 cm³/mol. The van der Waals surface area contributed by atoms with E-state index in [1.54, 1.807) is 35.2 Å². The third kappa shape index (κ3) is 5.78. The van der Waals surface area contributed by atoms with Crippen LogP contribution in [0.4, 0.5) is 4.79 Å². The van der Waals surface area contributed by atoms with E-state index in [0.29, 0.717) is 48.2 Å². The van der Waals surface area contributed by atoms with Crippen LogP contribution in [0.15, 0.2) is 51.8 Å². The van der Waals surface area contributed by atoms with Gasteiger partial charge in [0.2, 0.25) is 5.91 Å². The van der Waals surface area contributed by atoms with Gasteiger partial charge in [-0.1, -0.05) is 35.9 Å². The van der Waals surface area contributed by atoms with E-state index in [1.165, 1.54) is 0 Å². The molecule has 2 aromatic carbocycles. The Kier molecular flexibility index (Phi) is 7.75. The Morgan fingerprint density at radius 2 is 1.94 bits per heavy atom. The minimum absolute atomic E-state index is 0.260. The van der Waals surface area contributed by atoms with Crippen molar-refractivity contribution >= 4 is 62.4 Å². The van der Waals surface area contributed by atoms with Crippen LogP contribution in [0.25, 0.3) is 6.08 Å². The van der Waals surface area contributed by atoms with Gasteiger partial charge in [-0.25, -0.2) is 0 Å². The zero-order valence-electron chi connectivity index (χ0n) is 17.5. The molecule has 2 aliphatic heterocycles. The molecule has 0 bridgehead atoms. The Bertz CT molecular complexity index is 1120. The van der Waals surface area contributed by atoms with E-state index in [9.17, 15) is 14.4 Å². The van der Waals surface area contributed by atoms with Crippen molar-refractivity contribution < 1.29 is 23.9 Å². The summed E-state index contributed by atoms with van der Waals surface area (Å²) in [6, 6.07) is 12.8. The second kappa shape index (κ2) is 10.7. The number of carbonyl (C=O) groups excluding carboxylic acids is 3. The van der Waals surface area contributed by atoms with Crippen LogP contribution in [0.3, 0.4) is 0 Å². The molecule has 10 heteroatoms. The van der Waals surface area contributed by atoms with Gasteiger partial charge in [-0.15, -0.1) is 0 Å². The molecule has 2 fully saturated rings. The molecule has 0 aliphatic carbocycles. The zero-order chi connectivity index (χ0) is 23.4. The number of rotatable bonds is 6. The van der Waals surface area contributed by atoms with Gasteiger partial charge in [-0.2, -0.15) is 0 Å². The molecule has 0 radical (unpaired) electrons. The normalized spacial score (nSPS) is 17.7. The SMILES string of the molecule is O=C(CN1C(=O)S/C(=C/c2ccc(OCc3ccccc3Cl)c(Br)c2)C1=O)N1CCOCC1. The number of amides is 3. The van der Waals surface area contributed by atoms with Crippen LogP contribution in [0.1, 0.15) is 11.1 Å². The quantitative estimate of drug-likeness (QED) is 0.490. The molecule has 2 aliphatic rings. The maximum Gasteiger partial charge on any atom is 0.294 e. The van der Waals surface area contributed by atoms with Crippen molar-refractivity contribution in [1.82, 2.24) is 9.80 Å². The summed E-state index contributed by atoms with van der Waals surface area (Å²) in [6.45, 7) is 1.89. The van der Waals surface area contributed by atoms with E-state index in [2.05, 4.69) is 15.9 Å². The number of benzene rings is 2. The maximum absolute atomic E-state index is 12.8. The molecular formula is C23H20BrClN2O5S. The number of imide groups is 1. The lowest BCUT2D eigenvalue weighted by molar-refractivity contribution is -0.139. The highest BCUT2D eigenvalue weighted by Gasteiger charge is 2.37. The van der Waals surface area contributed by atoms with Crippen molar-refractivity contribution in [2.75, 3.05) is 32.8 Å². The average molecular weight is 552 g/mol. The Morgan fingerprint density at radius 3 is 2.67 bits per heavy atom. The molecule has 2 saturated heterocycles. The Labute approximate surface area is 208 Å². The highest BCUT2D eigenvalue weighted by Crippen LogP contribution is 2.34. The molecule has 0 unspecified atom stereocenters. The average Bonchev–Trinajstić information content (AvgIpc) is 3.07. The van der Waals surface area contributed by atoms with Crippen molar-refractivity contribution in [1.29, 1.82) is 0 Å². The van der Waals surface area contributed by atoms with Crippen molar-refractivity contribution in [3.05, 3.63) is 68.0 Å². The molecule has 2 aromatic rings. The molecule has 0 aromatic heterocycles. The van der Waals surface area contributed by atoms with Gasteiger partial charge in [0.25, 0.3) is 11.1 Å². The first-order valence-electron chi connectivity index (χ1n) is 10.2. The van der Waals surface area contributed by atoms with Crippen molar-refractivity contribution in [2.24, 2.45) is 0 Å². The van der Waals surface area contributed by atoms with Crippen molar-refractivity contribution in [3.63, 3.8) is 0 Å². The van der Waals surface area contributed by atoms with Gasteiger partial charge in [0.1, 0.15) is 18.9 Å². The number of thioether (sulfide) groups is 1. The molecule has 0 saturated carbocycles. The molecule has 172 valence electrons. The Morgan fingerprint density at radius 1 is 1.18 bits per heavy atom. The minimum Gasteiger partial charge on any atom is -0.488 e. The summed E-state index contributed by atoms with van der Waals surface area (Å²) in [5, 5.41) is 0.180. The highest BCUT2D eigenvalue weighted by molar-refractivity contribution is 9.10. The van der Waals surface area contributed by atoms with E-state index in [4.69, 9.17) is 21.1 Å². The summed E-state index contributed by atoms with van der Waals surface area (Å²) in [4.78, 5) is 40.4. The minimum atomic E-state index is -0.471. The van der Waals surface area contributed by atoms with Gasteiger partial charge in [-0.05, 0) is 57.5 Å². The highest BCUT2D eigenvalue weighted by atomic mass is 79.9. The summed E-state index contributed by atoms with van der Waals surface area (Å²) in [7, 11) is 0. The third-order valence-electron chi connectivity index (χ3n) is 5.13. The van der Waals surface area contributed by atoms with Gasteiger partial charge in [0.15, 0.2) is 0 Å². The summed E-state index contributed by atoms with van der Waals surface area (Å²) in [5.41, 5.74) is 1.59. The fourth-order valence-electron chi connectivity index (χ4n) is 3.33. The predicted octanol–water partition coefficient (Wildman–Crippen LogP) is 4.58. The zero-order valence-corrected chi connectivity index (χ0v) is 20.6. The number of nitrogens with zero attached hydrogens (tertiary/aromatic N) is 2. The van der Waals surface area contributed by atoms with E-state index >= 15 is 0 Å². The second-order valence-corrected chi connectivity index (χ2v) is 9.59. The molecule has 0 N–H and O–H groups in total. The van der Waals surface area contributed by atoms with E-state index < -0.39 is 11.1 Å². The van der Waals surface area contributed by atoms with Crippen LogP contribution < -0.4 is 4.74 Å². The number of ether oxygens (including phenoxy) is 2. The van der Waals surface area contributed by atoms with Crippen LogP contribution in [0.2, 0.25) is 5.02 Å². The first-order valence-corrected chi connectivity index (χ1v) is 12.2. The van der Waals surface area contributed by atoms with Crippen LogP contribution >= 0.6 is 39.3 Å². The lowest BCUT2D eigenvalue weighted by Gasteiger charge is -2.28. The number of halogens is 2. The largest absolute Gasteiger partial charge is 0.488 e.